The molecule has 0 unspecified atom stereocenters. The molecule has 0 aliphatic rings. The Kier molecular flexibility index (Phi) is 7.38. The molecule has 0 radical (unpaired) electrons. The van der Waals surface area contributed by atoms with Crippen LogP contribution in [0.1, 0.15) is 27.4 Å². The summed E-state index contributed by atoms with van der Waals surface area (Å²) in [6, 6.07) is 14.7. The Balaban J connectivity index is 1.76. The van der Waals surface area contributed by atoms with Crippen LogP contribution in [-0.2, 0) is 11.4 Å². The van der Waals surface area contributed by atoms with Crippen LogP contribution in [0, 0.1) is 18.3 Å². The van der Waals surface area contributed by atoms with Crippen molar-refractivity contribution in [1.82, 2.24) is 0 Å². The molecule has 9 heteroatoms. The van der Waals surface area contributed by atoms with Gasteiger partial charge in [-0.25, -0.2) is 4.79 Å². The Morgan fingerprint density at radius 3 is 2.64 bits per heavy atom. The van der Waals surface area contributed by atoms with Crippen molar-refractivity contribution in [2.45, 2.75) is 13.5 Å². The minimum Gasteiger partial charge on any atom is -0.493 e. The van der Waals surface area contributed by atoms with Crippen LogP contribution >= 0.6 is 11.6 Å². The van der Waals surface area contributed by atoms with Gasteiger partial charge >= 0.3 is 5.97 Å². The number of anilines is 1. The van der Waals surface area contributed by atoms with Crippen LogP contribution < -0.4 is 14.8 Å². The quantitative estimate of drug-likeness (QED) is 0.351. The fourth-order valence-corrected chi connectivity index (χ4v) is 3.02. The molecule has 0 fully saturated rings. The summed E-state index contributed by atoms with van der Waals surface area (Å²) >= 11 is 5.98. The van der Waals surface area contributed by atoms with Gasteiger partial charge in [-0.3, -0.25) is 4.79 Å². The smallest absolute Gasteiger partial charge is 0.371 e. The van der Waals surface area contributed by atoms with Gasteiger partial charge in [-0.15, -0.1) is 0 Å². The lowest BCUT2D eigenvalue weighted by atomic mass is 10.1. The van der Waals surface area contributed by atoms with Crippen molar-refractivity contribution < 1.29 is 28.6 Å². The number of rotatable bonds is 8. The molecule has 0 spiro atoms. The molecule has 2 aromatic carbocycles. The lowest BCUT2D eigenvalue weighted by molar-refractivity contribution is -0.112. The van der Waals surface area contributed by atoms with E-state index in [2.05, 4.69) is 5.32 Å². The predicted molar refractivity (Wildman–Crippen MR) is 121 cm³/mol. The monoisotopic (exact) mass is 466 g/mol. The van der Waals surface area contributed by atoms with Gasteiger partial charge in [0.05, 0.1) is 7.11 Å². The van der Waals surface area contributed by atoms with Crippen LogP contribution in [0.25, 0.3) is 6.08 Å². The molecule has 0 atom stereocenters. The Hall–Kier alpha value is -4.22. The van der Waals surface area contributed by atoms with Crippen LogP contribution in [0.15, 0.2) is 58.5 Å². The highest BCUT2D eigenvalue weighted by Crippen LogP contribution is 2.30. The van der Waals surface area contributed by atoms with Gasteiger partial charge in [0, 0.05) is 10.7 Å². The Bertz CT molecular complexity index is 1270. The first-order valence-corrected chi connectivity index (χ1v) is 10.0. The molecule has 1 amide bonds. The molecule has 33 heavy (non-hydrogen) atoms. The van der Waals surface area contributed by atoms with Crippen molar-refractivity contribution in [3.05, 3.63) is 81.8 Å². The summed E-state index contributed by atoms with van der Waals surface area (Å²) in [5.41, 5.74) is 1.75. The second kappa shape index (κ2) is 10.4. The van der Waals surface area contributed by atoms with E-state index in [9.17, 15) is 14.9 Å². The number of aromatic carboxylic acids is 1. The van der Waals surface area contributed by atoms with E-state index in [0.717, 1.165) is 5.56 Å². The topological polar surface area (TPSA) is 122 Å². The number of carboxylic acids is 1. The fraction of sp³-hybridized carbons (Fsp3) is 0.125. The van der Waals surface area contributed by atoms with E-state index in [1.165, 1.54) is 25.3 Å². The first kappa shape index (κ1) is 23.4. The Morgan fingerprint density at radius 2 is 1.97 bits per heavy atom. The SMILES string of the molecule is COc1cc(C=C(C#N)C(=O)Nc2cc(Cl)ccc2C)ccc1OCc1ccc(C(=O)O)o1. The van der Waals surface area contributed by atoms with Crippen molar-refractivity contribution in [1.29, 1.82) is 5.26 Å². The van der Waals surface area contributed by atoms with Crippen molar-refractivity contribution in [2.75, 3.05) is 12.4 Å². The molecule has 1 aromatic heterocycles. The standard InChI is InChI=1S/C24H19ClN2O6/c1-14-3-5-17(25)11-19(14)27-23(28)16(12-26)9-15-4-7-20(22(10-15)31-2)32-13-18-6-8-21(33-18)24(29)30/h3-11H,13H2,1-2H3,(H,27,28)(H,29,30). The number of aryl methyl sites for hydroxylation is 1. The van der Waals surface area contributed by atoms with Crippen molar-refractivity contribution in [2.24, 2.45) is 0 Å². The number of benzene rings is 2. The average Bonchev–Trinajstić information content (AvgIpc) is 3.28. The van der Waals surface area contributed by atoms with Crippen LogP contribution in [0.5, 0.6) is 11.5 Å². The summed E-state index contributed by atoms with van der Waals surface area (Å²) in [7, 11) is 1.45. The van der Waals surface area contributed by atoms with E-state index in [0.29, 0.717) is 33.5 Å². The maximum Gasteiger partial charge on any atom is 0.371 e. The van der Waals surface area contributed by atoms with Gasteiger partial charge in [0.1, 0.15) is 24.0 Å². The number of methoxy groups -OCH3 is 1. The van der Waals surface area contributed by atoms with Gasteiger partial charge in [0.2, 0.25) is 5.76 Å². The molecule has 3 aromatic rings. The number of furan rings is 1. The highest BCUT2D eigenvalue weighted by Gasteiger charge is 2.14. The maximum atomic E-state index is 12.6. The Morgan fingerprint density at radius 1 is 1.18 bits per heavy atom. The number of carbonyl (C=O) groups is 2. The fourth-order valence-electron chi connectivity index (χ4n) is 2.85. The third kappa shape index (κ3) is 5.93. The van der Waals surface area contributed by atoms with Gasteiger partial charge in [0.25, 0.3) is 5.91 Å². The normalized spacial score (nSPS) is 10.9. The Labute approximate surface area is 194 Å². The molecular formula is C24H19ClN2O6. The summed E-state index contributed by atoms with van der Waals surface area (Å²) in [6.45, 7) is 1.81. The number of hydrogen-bond donors (Lipinski definition) is 2. The van der Waals surface area contributed by atoms with Crippen molar-refractivity contribution in [3.8, 4) is 17.6 Å². The first-order chi connectivity index (χ1) is 15.8. The number of ether oxygens (including phenoxy) is 2. The number of nitriles is 1. The lowest BCUT2D eigenvalue weighted by Crippen LogP contribution is -2.14. The van der Waals surface area contributed by atoms with Gasteiger partial charge in [0.15, 0.2) is 11.5 Å². The molecule has 8 nitrogen and oxygen atoms in total. The molecule has 3 rings (SSSR count). The molecule has 0 saturated carbocycles. The summed E-state index contributed by atoms with van der Waals surface area (Å²) in [5.74, 6) is -0.862. The average molecular weight is 467 g/mol. The number of halogens is 1. The molecule has 0 bridgehead atoms. The number of carbonyl (C=O) groups excluding carboxylic acids is 1. The zero-order valence-corrected chi connectivity index (χ0v) is 18.5. The maximum absolute atomic E-state index is 12.6. The summed E-state index contributed by atoms with van der Waals surface area (Å²) in [6.07, 6.45) is 1.42. The third-order valence-corrected chi connectivity index (χ3v) is 4.79. The number of carboxylic acid groups (broad SMARTS) is 1. The molecule has 2 N–H and O–H groups in total. The van der Waals surface area contributed by atoms with E-state index in [-0.39, 0.29) is 17.9 Å². The largest absolute Gasteiger partial charge is 0.493 e. The van der Waals surface area contributed by atoms with E-state index in [1.54, 1.807) is 36.4 Å². The second-order valence-electron chi connectivity index (χ2n) is 6.85. The molecule has 0 saturated heterocycles. The van der Waals surface area contributed by atoms with Crippen LogP contribution in [-0.4, -0.2) is 24.1 Å². The van der Waals surface area contributed by atoms with Gasteiger partial charge < -0.3 is 24.3 Å². The molecule has 0 aliphatic heterocycles. The number of amides is 1. The van der Waals surface area contributed by atoms with Gasteiger partial charge in [-0.1, -0.05) is 23.7 Å². The second-order valence-corrected chi connectivity index (χ2v) is 7.29. The zero-order valence-electron chi connectivity index (χ0n) is 17.7. The van der Waals surface area contributed by atoms with Crippen molar-refractivity contribution >= 4 is 35.2 Å². The third-order valence-electron chi connectivity index (χ3n) is 4.55. The molecule has 0 aliphatic carbocycles. The first-order valence-electron chi connectivity index (χ1n) is 9.63. The number of hydrogen-bond acceptors (Lipinski definition) is 6. The zero-order chi connectivity index (χ0) is 24.0. The van der Waals surface area contributed by atoms with E-state index < -0.39 is 11.9 Å². The lowest BCUT2D eigenvalue weighted by Gasteiger charge is -2.11. The van der Waals surface area contributed by atoms with E-state index >= 15 is 0 Å². The van der Waals surface area contributed by atoms with Crippen molar-refractivity contribution in [3.63, 3.8) is 0 Å². The molecule has 1 heterocycles. The predicted octanol–water partition coefficient (Wildman–Crippen LogP) is 5.07. The van der Waals surface area contributed by atoms with E-state index in [1.807, 2.05) is 13.0 Å². The van der Waals surface area contributed by atoms with E-state index in [4.69, 9.17) is 30.6 Å². The van der Waals surface area contributed by atoms with Gasteiger partial charge in [-0.05, 0) is 60.5 Å². The highest BCUT2D eigenvalue weighted by atomic mass is 35.5. The minimum atomic E-state index is -1.17. The molecular weight excluding hydrogens is 448 g/mol. The number of nitrogens with zero attached hydrogens (tertiary/aromatic N) is 1. The summed E-state index contributed by atoms with van der Waals surface area (Å²) in [4.78, 5) is 23.5. The number of nitrogens with one attached hydrogen (secondary N) is 1. The highest BCUT2D eigenvalue weighted by molar-refractivity contribution is 6.31. The molecule has 168 valence electrons. The minimum absolute atomic E-state index is 0.0103. The van der Waals surface area contributed by atoms with Crippen LogP contribution in [0.2, 0.25) is 5.02 Å². The van der Waals surface area contributed by atoms with Gasteiger partial charge in [-0.2, -0.15) is 5.26 Å². The van der Waals surface area contributed by atoms with Crippen LogP contribution in [0.4, 0.5) is 5.69 Å². The summed E-state index contributed by atoms with van der Waals surface area (Å²) in [5, 5.41) is 21.6. The van der Waals surface area contributed by atoms with Crippen LogP contribution in [0.3, 0.4) is 0 Å². The summed E-state index contributed by atoms with van der Waals surface area (Å²) < 4.78 is 16.2.